The first-order valence-electron chi connectivity index (χ1n) is 6.93. The minimum absolute atomic E-state index is 0.00910. The molecule has 0 spiro atoms. The number of hydrogen-bond acceptors (Lipinski definition) is 3. The third-order valence-corrected chi connectivity index (χ3v) is 3.75. The van der Waals surface area contributed by atoms with E-state index in [9.17, 15) is 9.18 Å². The molecule has 6 heteroatoms. The van der Waals surface area contributed by atoms with E-state index in [-0.39, 0.29) is 18.6 Å². The van der Waals surface area contributed by atoms with E-state index in [1.807, 2.05) is 0 Å². The summed E-state index contributed by atoms with van der Waals surface area (Å²) < 4.78 is 23.8. The van der Waals surface area contributed by atoms with Gasteiger partial charge in [-0.05, 0) is 30.5 Å². The van der Waals surface area contributed by atoms with Crippen molar-refractivity contribution in [1.82, 2.24) is 4.90 Å². The second-order valence-corrected chi connectivity index (χ2v) is 5.54. The van der Waals surface area contributed by atoms with Crippen LogP contribution in [0.4, 0.5) is 4.39 Å². The summed E-state index contributed by atoms with van der Waals surface area (Å²) in [5, 5.41) is 0.315. The molecule has 1 aromatic carbocycles. The Balaban J connectivity index is 1.76. The van der Waals surface area contributed by atoms with Gasteiger partial charge < -0.3 is 14.4 Å². The lowest BCUT2D eigenvalue weighted by molar-refractivity contribution is -0.136. The number of benzene rings is 1. The molecule has 0 bridgehead atoms. The van der Waals surface area contributed by atoms with E-state index in [1.165, 1.54) is 17.0 Å². The Bertz CT molecular complexity index is 492. The average Bonchev–Trinajstić information content (AvgIpc) is 2.95. The first kappa shape index (κ1) is 16.2. The number of likely N-dealkylation sites (N-methyl/N-ethyl adjacent to an activating group) is 1. The number of nitrogens with zero attached hydrogens (tertiary/aromatic N) is 1. The average molecular weight is 316 g/mol. The summed E-state index contributed by atoms with van der Waals surface area (Å²) >= 11 is 5.94. The van der Waals surface area contributed by atoms with E-state index in [1.54, 1.807) is 13.1 Å². The molecule has 2 rings (SSSR count). The zero-order valence-corrected chi connectivity index (χ0v) is 12.7. The number of hydrogen-bond donors (Lipinski definition) is 0. The summed E-state index contributed by atoms with van der Waals surface area (Å²) in [6.45, 7) is 1.54. The van der Waals surface area contributed by atoms with E-state index >= 15 is 0 Å². The Morgan fingerprint density at radius 2 is 2.38 bits per heavy atom. The Morgan fingerprint density at radius 3 is 3.05 bits per heavy atom. The Kier molecular flexibility index (Phi) is 5.96. The van der Waals surface area contributed by atoms with Crippen molar-refractivity contribution in [2.45, 2.75) is 25.5 Å². The number of carbonyl (C=O) groups is 1. The van der Waals surface area contributed by atoms with Crippen LogP contribution in [0.1, 0.15) is 18.4 Å². The Hall–Kier alpha value is -1.17. The van der Waals surface area contributed by atoms with E-state index in [2.05, 4.69) is 0 Å². The van der Waals surface area contributed by atoms with Crippen LogP contribution < -0.4 is 0 Å². The molecule has 1 aliphatic rings. The van der Waals surface area contributed by atoms with Gasteiger partial charge in [0.2, 0.25) is 5.91 Å². The van der Waals surface area contributed by atoms with Crippen LogP contribution in [0.2, 0.25) is 5.02 Å². The minimum atomic E-state index is -0.391. The van der Waals surface area contributed by atoms with E-state index < -0.39 is 5.82 Å². The fraction of sp³-hybridized carbons (Fsp3) is 0.533. The van der Waals surface area contributed by atoms with E-state index in [0.29, 0.717) is 23.7 Å². The third kappa shape index (κ3) is 4.95. The van der Waals surface area contributed by atoms with Gasteiger partial charge in [0.25, 0.3) is 0 Å². The quantitative estimate of drug-likeness (QED) is 0.810. The number of rotatable bonds is 6. The van der Waals surface area contributed by atoms with Gasteiger partial charge in [0.05, 0.1) is 12.7 Å². The van der Waals surface area contributed by atoms with Gasteiger partial charge in [-0.3, -0.25) is 4.79 Å². The first-order chi connectivity index (χ1) is 10.1. The van der Waals surface area contributed by atoms with Crippen LogP contribution in [0.15, 0.2) is 18.2 Å². The fourth-order valence-electron chi connectivity index (χ4n) is 2.16. The molecule has 0 unspecified atom stereocenters. The molecule has 1 saturated heterocycles. The highest BCUT2D eigenvalue weighted by atomic mass is 35.5. The van der Waals surface area contributed by atoms with Crippen LogP contribution in [-0.2, 0) is 20.8 Å². The second kappa shape index (κ2) is 7.73. The van der Waals surface area contributed by atoms with Crippen LogP contribution in [0.5, 0.6) is 0 Å². The molecule has 0 aliphatic carbocycles. The fourth-order valence-corrected chi connectivity index (χ4v) is 2.38. The molecule has 0 aromatic heterocycles. The predicted molar refractivity (Wildman–Crippen MR) is 77.7 cm³/mol. The summed E-state index contributed by atoms with van der Waals surface area (Å²) in [4.78, 5) is 13.5. The first-order valence-corrected chi connectivity index (χ1v) is 7.31. The standard InChI is InChI=1S/C15H19ClFNO3/c1-18(8-11-4-5-12(17)7-14(11)16)15(19)10-20-9-13-3-2-6-21-13/h4-5,7,13H,2-3,6,8-10H2,1H3/t13-/m0/s1. The van der Waals surface area contributed by atoms with E-state index in [4.69, 9.17) is 21.1 Å². The summed E-state index contributed by atoms with van der Waals surface area (Å²) in [7, 11) is 1.66. The van der Waals surface area contributed by atoms with Gasteiger partial charge in [-0.2, -0.15) is 0 Å². The summed E-state index contributed by atoms with van der Waals surface area (Å²) in [5.41, 5.74) is 0.702. The monoisotopic (exact) mass is 315 g/mol. The van der Waals surface area contributed by atoms with Crippen molar-refractivity contribution in [1.29, 1.82) is 0 Å². The molecule has 0 N–H and O–H groups in total. The van der Waals surface area contributed by atoms with Crippen molar-refractivity contribution < 1.29 is 18.7 Å². The van der Waals surface area contributed by atoms with Gasteiger partial charge in [-0.1, -0.05) is 17.7 Å². The minimum Gasteiger partial charge on any atom is -0.376 e. The van der Waals surface area contributed by atoms with Gasteiger partial charge >= 0.3 is 0 Å². The lowest BCUT2D eigenvalue weighted by atomic mass is 10.2. The molecule has 1 amide bonds. The molecule has 4 nitrogen and oxygen atoms in total. The van der Waals surface area contributed by atoms with Crippen LogP contribution in [0.25, 0.3) is 0 Å². The summed E-state index contributed by atoms with van der Waals surface area (Å²) in [5.74, 6) is -0.536. The summed E-state index contributed by atoms with van der Waals surface area (Å²) in [6, 6.07) is 4.14. The highest BCUT2D eigenvalue weighted by Crippen LogP contribution is 2.18. The van der Waals surface area contributed by atoms with Crippen LogP contribution in [-0.4, -0.2) is 43.8 Å². The zero-order valence-electron chi connectivity index (χ0n) is 12.0. The largest absolute Gasteiger partial charge is 0.376 e. The van der Waals surface area contributed by atoms with Gasteiger partial charge in [0, 0.05) is 25.2 Å². The van der Waals surface area contributed by atoms with Crippen molar-refractivity contribution in [2.75, 3.05) is 26.9 Å². The highest BCUT2D eigenvalue weighted by Gasteiger charge is 2.17. The molecule has 21 heavy (non-hydrogen) atoms. The van der Waals surface area contributed by atoms with Gasteiger partial charge in [0.1, 0.15) is 12.4 Å². The Labute approximate surface area is 128 Å². The number of ether oxygens (including phenoxy) is 2. The lowest BCUT2D eigenvalue weighted by Crippen LogP contribution is -2.31. The third-order valence-electron chi connectivity index (χ3n) is 3.40. The van der Waals surface area contributed by atoms with Crippen molar-refractivity contribution in [3.05, 3.63) is 34.6 Å². The van der Waals surface area contributed by atoms with Gasteiger partial charge in [-0.25, -0.2) is 4.39 Å². The molecule has 0 radical (unpaired) electrons. The smallest absolute Gasteiger partial charge is 0.248 e. The van der Waals surface area contributed by atoms with Crippen molar-refractivity contribution in [3.63, 3.8) is 0 Å². The highest BCUT2D eigenvalue weighted by molar-refractivity contribution is 6.31. The molecule has 1 heterocycles. The van der Waals surface area contributed by atoms with Crippen molar-refractivity contribution in [3.8, 4) is 0 Å². The predicted octanol–water partition coefficient (Wildman–Crippen LogP) is 2.63. The maximum absolute atomic E-state index is 13.0. The normalized spacial score (nSPS) is 18.0. The molecule has 0 saturated carbocycles. The maximum atomic E-state index is 13.0. The van der Waals surface area contributed by atoms with Gasteiger partial charge in [-0.15, -0.1) is 0 Å². The topological polar surface area (TPSA) is 38.8 Å². The van der Waals surface area contributed by atoms with Crippen LogP contribution in [0.3, 0.4) is 0 Å². The Morgan fingerprint density at radius 1 is 1.57 bits per heavy atom. The SMILES string of the molecule is CN(Cc1ccc(F)cc1Cl)C(=O)COC[C@@H]1CCCO1. The molecule has 1 aromatic rings. The molecule has 116 valence electrons. The van der Waals surface area contributed by atoms with Gasteiger partial charge in [0.15, 0.2) is 0 Å². The van der Waals surface area contributed by atoms with Crippen molar-refractivity contribution in [2.24, 2.45) is 0 Å². The zero-order chi connectivity index (χ0) is 15.2. The molecule has 1 fully saturated rings. The van der Waals surface area contributed by atoms with E-state index in [0.717, 1.165) is 19.4 Å². The van der Waals surface area contributed by atoms with Crippen molar-refractivity contribution >= 4 is 17.5 Å². The molecular weight excluding hydrogens is 297 g/mol. The maximum Gasteiger partial charge on any atom is 0.248 e. The molecular formula is C15H19ClFNO3. The number of carbonyl (C=O) groups excluding carboxylic acids is 1. The molecule has 1 atom stereocenters. The number of amides is 1. The molecule has 1 aliphatic heterocycles. The second-order valence-electron chi connectivity index (χ2n) is 5.14. The van der Waals surface area contributed by atoms with Crippen LogP contribution in [0, 0.1) is 5.82 Å². The lowest BCUT2D eigenvalue weighted by Gasteiger charge is -2.18. The van der Waals surface area contributed by atoms with Crippen LogP contribution >= 0.6 is 11.6 Å². The summed E-state index contributed by atoms with van der Waals surface area (Å²) in [6.07, 6.45) is 2.13. The number of halogens is 2.